The topological polar surface area (TPSA) is 64.7 Å². The number of anilines is 1. The molecule has 132 valence electrons. The fourth-order valence-corrected chi connectivity index (χ4v) is 2.81. The second kappa shape index (κ2) is 8.57. The maximum absolute atomic E-state index is 12.3. The summed E-state index contributed by atoms with van der Waals surface area (Å²) >= 11 is 0. The van der Waals surface area contributed by atoms with Crippen LogP contribution < -0.4 is 15.5 Å². The number of hydrogen-bond acceptors (Lipinski definition) is 3. The second-order valence-corrected chi connectivity index (χ2v) is 6.22. The lowest BCUT2D eigenvalue weighted by Crippen LogP contribution is -2.55. The van der Waals surface area contributed by atoms with E-state index in [-0.39, 0.29) is 11.9 Å². The first-order chi connectivity index (χ1) is 11.5. The molecule has 24 heavy (non-hydrogen) atoms. The molecule has 1 aromatic rings. The molecule has 0 aromatic heterocycles. The van der Waals surface area contributed by atoms with Crippen LogP contribution in [0.15, 0.2) is 24.3 Å². The number of nitrogens with zero attached hydrogens (tertiary/aromatic N) is 2. The summed E-state index contributed by atoms with van der Waals surface area (Å²) in [5.41, 5.74) is 2.47. The Hall–Kier alpha value is -2.24. The van der Waals surface area contributed by atoms with Crippen molar-refractivity contribution in [3.05, 3.63) is 29.8 Å². The predicted octanol–water partition coefficient (Wildman–Crippen LogP) is 1.74. The van der Waals surface area contributed by atoms with Crippen LogP contribution in [-0.2, 0) is 4.79 Å². The van der Waals surface area contributed by atoms with Gasteiger partial charge in [0.25, 0.3) is 0 Å². The van der Waals surface area contributed by atoms with Crippen LogP contribution in [-0.4, -0.2) is 55.6 Å². The molecule has 3 amide bonds. The second-order valence-electron chi connectivity index (χ2n) is 6.22. The van der Waals surface area contributed by atoms with Crippen LogP contribution in [0.1, 0.15) is 25.8 Å². The molecule has 0 radical (unpaired) electrons. The van der Waals surface area contributed by atoms with Crippen LogP contribution >= 0.6 is 0 Å². The highest BCUT2D eigenvalue weighted by atomic mass is 16.2. The van der Waals surface area contributed by atoms with Crippen molar-refractivity contribution in [3.63, 3.8) is 0 Å². The van der Waals surface area contributed by atoms with E-state index >= 15 is 0 Å². The zero-order chi connectivity index (χ0) is 17.5. The maximum atomic E-state index is 12.3. The Kier molecular flexibility index (Phi) is 6.46. The van der Waals surface area contributed by atoms with E-state index in [0.717, 1.165) is 19.5 Å². The summed E-state index contributed by atoms with van der Waals surface area (Å²) in [6.45, 7) is 9.36. The molecule has 1 fully saturated rings. The van der Waals surface area contributed by atoms with E-state index in [1.54, 1.807) is 11.8 Å². The van der Waals surface area contributed by atoms with Gasteiger partial charge in [-0.15, -0.1) is 0 Å². The molecular formula is C18H28N4O2. The Morgan fingerprint density at radius 3 is 2.46 bits per heavy atom. The van der Waals surface area contributed by atoms with E-state index < -0.39 is 6.04 Å². The van der Waals surface area contributed by atoms with E-state index in [4.69, 9.17) is 0 Å². The largest absolute Gasteiger partial charge is 0.368 e. The molecule has 1 heterocycles. The highest BCUT2D eigenvalue weighted by molar-refractivity contribution is 5.86. The van der Waals surface area contributed by atoms with Gasteiger partial charge in [-0.2, -0.15) is 0 Å². The van der Waals surface area contributed by atoms with Crippen molar-refractivity contribution < 1.29 is 9.59 Å². The van der Waals surface area contributed by atoms with Gasteiger partial charge in [0, 0.05) is 38.4 Å². The van der Waals surface area contributed by atoms with Crippen LogP contribution in [0.4, 0.5) is 10.5 Å². The number of nitrogens with one attached hydrogen (secondary N) is 2. The minimum absolute atomic E-state index is 0.135. The predicted molar refractivity (Wildman–Crippen MR) is 96.3 cm³/mol. The molecule has 6 heteroatoms. The van der Waals surface area contributed by atoms with Gasteiger partial charge in [0.15, 0.2) is 0 Å². The molecule has 1 saturated heterocycles. The molecule has 6 nitrogen and oxygen atoms in total. The zero-order valence-corrected chi connectivity index (χ0v) is 14.8. The van der Waals surface area contributed by atoms with Gasteiger partial charge >= 0.3 is 6.03 Å². The quantitative estimate of drug-likeness (QED) is 0.863. The minimum atomic E-state index is -0.515. The number of benzene rings is 1. The standard InChI is InChI=1S/C18H28N4O2/c1-4-9-19-17(23)15(3)20-18(24)22-12-10-21(11-13-22)16-8-6-5-7-14(16)2/h5-8,15H,4,9-13H2,1-3H3,(H,19,23)(H,20,24). The number of para-hydroxylation sites is 1. The minimum Gasteiger partial charge on any atom is -0.368 e. The van der Waals surface area contributed by atoms with E-state index in [2.05, 4.69) is 34.6 Å². The number of piperazine rings is 1. The summed E-state index contributed by atoms with van der Waals surface area (Å²) in [5.74, 6) is -0.135. The number of hydrogen-bond donors (Lipinski definition) is 2. The van der Waals surface area contributed by atoms with Gasteiger partial charge in [0.05, 0.1) is 0 Å². The summed E-state index contributed by atoms with van der Waals surface area (Å²) in [4.78, 5) is 28.2. The normalized spacial score (nSPS) is 15.8. The molecule has 0 spiro atoms. The average Bonchev–Trinajstić information content (AvgIpc) is 2.60. The van der Waals surface area contributed by atoms with Gasteiger partial charge in [0.2, 0.25) is 5.91 Å². The van der Waals surface area contributed by atoms with Gasteiger partial charge in [0.1, 0.15) is 6.04 Å². The van der Waals surface area contributed by atoms with Gasteiger partial charge in [-0.1, -0.05) is 25.1 Å². The lowest BCUT2D eigenvalue weighted by molar-refractivity contribution is -0.122. The number of carbonyl (C=O) groups excluding carboxylic acids is 2. The molecule has 0 saturated carbocycles. The fraction of sp³-hybridized carbons (Fsp3) is 0.556. The smallest absolute Gasteiger partial charge is 0.318 e. The van der Waals surface area contributed by atoms with Crippen LogP contribution in [0, 0.1) is 6.92 Å². The Morgan fingerprint density at radius 1 is 1.17 bits per heavy atom. The van der Waals surface area contributed by atoms with Crippen LogP contribution in [0.3, 0.4) is 0 Å². The molecule has 2 rings (SSSR count). The third-order valence-corrected chi connectivity index (χ3v) is 4.31. The van der Waals surface area contributed by atoms with E-state index in [1.807, 2.05) is 19.1 Å². The zero-order valence-electron chi connectivity index (χ0n) is 14.8. The SMILES string of the molecule is CCCNC(=O)C(C)NC(=O)N1CCN(c2ccccc2C)CC1. The van der Waals surface area contributed by atoms with Crippen molar-refractivity contribution in [3.8, 4) is 0 Å². The van der Waals surface area contributed by atoms with Crippen LogP contribution in [0.25, 0.3) is 0 Å². The fourth-order valence-electron chi connectivity index (χ4n) is 2.81. The summed E-state index contributed by atoms with van der Waals surface area (Å²) in [6, 6.07) is 7.61. The monoisotopic (exact) mass is 332 g/mol. The van der Waals surface area contributed by atoms with Gasteiger partial charge < -0.3 is 20.4 Å². The number of rotatable bonds is 5. The van der Waals surface area contributed by atoms with E-state index in [0.29, 0.717) is 19.6 Å². The van der Waals surface area contributed by atoms with Crippen molar-refractivity contribution in [2.75, 3.05) is 37.6 Å². The molecule has 2 N–H and O–H groups in total. The van der Waals surface area contributed by atoms with Gasteiger partial charge in [-0.25, -0.2) is 4.79 Å². The summed E-state index contributed by atoms with van der Waals surface area (Å²) < 4.78 is 0. The molecule has 0 aliphatic carbocycles. The highest BCUT2D eigenvalue weighted by Crippen LogP contribution is 2.20. The average molecular weight is 332 g/mol. The molecule has 1 unspecified atom stereocenters. The molecule has 1 aliphatic heterocycles. The van der Waals surface area contributed by atoms with Crippen molar-refractivity contribution in [2.24, 2.45) is 0 Å². The number of aryl methyl sites for hydroxylation is 1. The third kappa shape index (κ3) is 4.63. The van der Waals surface area contributed by atoms with E-state index in [1.165, 1.54) is 11.3 Å². The summed E-state index contributed by atoms with van der Waals surface area (Å²) in [7, 11) is 0. The van der Waals surface area contributed by atoms with Crippen LogP contribution in [0.5, 0.6) is 0 Å². The lowest BCUT2D eigenvalue weighted by atomic mass is 10.1. The molecule has 1 atom stereocenters. The molecule has 1 aliphatic rings. The van der Waals surface area contributed by atoms with Crippen molar-refractivity contribution in [1.29, 1.82) is 0 Å². The third-order valence-electron chi connectivity index (χ3n) is 4.31. The Labute approximate surface area is 144 Å². The number of carbonyl (C=O) groups is 2. The van der Waals surface area contributed by atoms with Crippen molar-refractivity contribution in [1.82, 2.24) is 15.5 Å². The molecule has 0 bridgehead atoms. The number of amides is 3. The van der Waals surface area contributed by atoms with Crippen LogP contribution in [0.2, 0.25) is 0 Å². The summed E-state index contributed by atoms with van der Waals surface area (Å²) in [6.07, 6.45) is 0.882. The van der Waals surface area contributed by atoms with Gasteiger partial charge in [-0.05, 0) is 31.9 Å². The Balaban J connectivity index is 1.82. The first-order valence-electron chi connectivity index (χ1n) is 8.66. The lowest BCUT2D eigenvalue weighted by Gasteiger charge is -2.37. The Morgan fingerprint density at radius 2 is 1.83 bits per heavy atom. The van der Waals surface area contributed by atoms with Gasteiger partial charge in [-0.3, -0.25) is 4.79 Å². The molecule has 1 aromatic carbocycles. The highest BCUT2D eigenvalue weighted by Gasteiger charge is 2.24. The first kappa shape index (κ1) is 18.1. The summed E-state index contributed by atoms with van der Waals surface area (Å²) in [5, 5.41) is 5.58. The maximum Gasteiger partial charge on any atom is 0.318 e. The van der Waals surface area contributed by atoms with Crippen molar-refractivity contribution >= 4 is 17.6 Å². The first-order valence-corrected chi connectivity index (χ1v) is 8.66. The van der Waals surface area contributed by atoms with Crippen molar-refractivity contribution in [2.45, 2.75) is 33.2 Å². The molecular weight excluding hydrogens is 304 g/mol. The van der Waals surface area contributed by atoms with E-state index in [9.17, 15) is 9.59 Å². The number of urea groups is 1. The Bertz CT molecular complexity index is 568.